The molecular formula is C16H23NO2. The first-order chi connectivity index (χ1) is 8.74. The fourth-order valence-electron chi connectivity index (χ4n) is 1.63. The van der Waals surface area contributed by atoms with Gasteiger partial charge in [0.25, 0.3) is 0 Å². The SMILES string of the molecule is C=Cc1ccc([C@H](C)N(C)C(=O)OC(C)(C)C)cc1. The lowest BCUT2D eigenvalue weighted by atomic mass is 10.1. The molecule has 0 aliphatic rings. The fourth-order valence-corrected chi connectivity index (χ4v) is 1.63. The predicted octanol–water partition coefficient (Wildman–Crippen LogP) is 4.26. The Bertz CT molecular complexity index is 443. The Morgan fingerprint density at radius 1 is 1.32 bits per heavy atom. The van der Waals surface area contributed by atoms with E-state index in [0.717, 1.165) is 11.1 Å². The minimum atomic E-state index is -0.474. The average molecular weight is 261 g/mol. The van der Waals surface area contributed by atoms with Crippen LogP contribution in [0.1, 0.15) is 44.9 Å². The van der Waals surface area contributed by atoms with Gasteiger partial charge in [-0.05, 0) is 38.8 Å². The molecular weight excluding hydrogens is 238 g/mol. The van der Waals surface area contributed by atoms with Crippen molar-refractivity contribution in [3.05, 3.63) is 42.0 Å². The van der Waals surface area contributed by atoms with Gasteiger partial charge >= 0.3 is 6.09 Å². The van der Waals surface area contributed by atoms with Gasteiger partial charge in [0.1, 0.15) is 5.60 Å². The number of ether oxygens (including phenoxy) is 1. The molecule has 0 N–H and O–H groups in total. The number of carbonyl (C=O) groups is 1. The van der Waals surface area contributed by atoms with Crippen LogP contribution < -0.4 is 0 Å². The standard InChI is InChI=1S/C16H23NO2/c1-7-13-8-10-14(11-9-13)12(2)17(6)15(18)19-16(3,4)5/h7-12H,1H2,2-6H3/t12-/m0/s1. The van der Waals surface area contributed by atoms with Crippen molar-refractivity contribution in [3.63, 3.8) is 0 Å². The zero-order chi connectivity index (χ0) is 14.6. The molecule has 0 aliphatic carbocycles. The van der Waals surface area contributed by atoms with E-state index in [0.29, 0.717) is 0 Å². The molecule has 0 saturated carbocycles. The number of carbonyl (C=O) groups excluding carboxylic acids is 1. The van der Waals surface area contributed by atoms with Crippen LogP contribution in [0.25, 0.3) is 6.08 Å². The summed E-state index contributed by atoms with van der Waals surface area (Å²) in [6, 6.07) is 7.95. The third-order valence-electron chi connectivity index (χ3n) is 2.92. The molecule has 0 fully saturated rings. The maximum Gasteiger partial charge on any atom is 0.410 e. The van der Waals surface area contributed by atoms with E-state index in [1.54, 1.807) is 18.0 Å². The van der Waals surface area contributed by atoms with Crippen LogP contribution in [-0.2, 0) is 4.74 Å². The van der Waals surface area contributed by atoms with Gasteiger partial charge in [0, 0.05) is 7.05 Å². The van der Waals surface area contributed by atoms with E-state index in [1.807, 2.05) is 52.0 Å². The molecule has 0 heterocycles. The Morgan fingerprint density at radius 3 is 2.26 bits per heavy atom. The van der Waals surface area contributed by atoms with Crippen LogP contribution in [0.5, 0.6) is 0 Å². The number of hydrogen-bond acceptors (Lipinski definition) is 2. The monoisotopic (exact) mass is 261 g/mol. The summed E-state index contributed by atoms with van der Waals surface area (Å²) in [5.74, 6) is 0. The lowest BCUT2D eigenvalue weighted by Gasteiger charge is -2.29. The molecule has 0 unspecified atom stereocenters. The highest BCUT2D eigenvalue weighted by Crippen LogP contribution is 2.21. The molecule has 0 radical (unpaired) electrons. The summed E-state index contributed by atoms with van der Waals surface area (Å²) in [7, 11) is 1.75. The van der Waals surface area contributed by atoms with Crippen molar-refractivity contribution >= 4 is 12.2 Å². The van der Waals surface area contributed by atoms with E-state index < -0.39 is 5.60 Å². The summed E-state index contributed by atoms with van der Waals surface area (Å²) in [5.41, 5.74) is 1.66. The Labute approximate surface area is 115 Å². The summed E-state index contributed by atoms with van der Waals surface area (Å²) in [4.78, 5) is 13.6. The van der Waals surface area contributed by atoms with E-state index in [2.05, 4.69) is 6.58 Å². The molecule has 104 valence electrons. The van der Waals surface area contributed by atoms with Crippen molar-refractivity contribution in [1.29, 1.82) is 0 Å². The van der Waals surface area contributed by atoms with Crippen LogP contribution in [-0.4, -0.2) is 23.6 Å². The largest absolute Gasteiger partial charge is 0.444 e. The van der Waals surface area contributed by atoms with Crippen molar-refractivity contribution in [2.24, 2.45) is 0 Å². The van der Waals surface area contributed by atoms with Gasteiger partial charge in [-0.1, -0.05) is 36.9 Å². The molecule has 0 saturated heterocycles. The van der Waals surface area contributed by atoms with Gasteiger partial charge < -0.3 is 9.64 Å². The number of amides is 1. The molecule has 3 nitrogen and oxygen atoms in total. The highest BCUT2D eigenvalue weighted by molar-refractivity contribution is 5.68. The van der Waals surface area contributed by atoms with Crippen LogP contribution in [0.2, 0.25) is 0 Å². The van der Waals surface area contributed by atoms with Gasteiger partial charge in [0.15, 0.2) is 0 Å². The molecule has 1 atom stereocenters. The smallest absolute Gasteiger partial charge is 0.410 e. The fraction of sp³-hybridized carbons (Fsp3) is 0.438. The lowest BCUT2D eigenvalue weighted by Crippen LogP contribution is -2.35. The minimum Gasteiger partial charge on any atom is -0.444 e. The summed E-state index contributed by atoms with van der Waals surface area (Å²) >= 11 is 0. The molecule has 1 aromatic rings. The first-order valence-electron chi connectivity index (χ1n) is 6.43. The van der Waals surface area contributed by atoms with Crippen LogP contribution in [0.15, 0.2) is 30.8 Å². The van der Waals surface area contributed by atoms with Crippen molar-refractivity contribution in [2.45, 2.75) is 39.3 Å². The van der Waals surface area contributed by atoms with Crippen molar-refractivity contribution in [2.75, 3.05) is 7.05 Å². The topological polar surface area (TPSA) is 29.5 Å². The molecule has 1 amide bonds. The summed E-state index contributed by atoms with van der Waals surface area (Å²) < 4.78 is 5.36. The molecule has 3 heteroatoms. The molecule has 1 rings (SSSR count). The van der Waals surface area contributed by atoms with E-state index >= 15 is 0 Å². The summed E-state index contributed by atoms with van der Waals surface area (Å²) in [5, 5.41) is 0. The van der Waals surface area contributed by atoms with Gasteiger partial charge in [-0.15, -0.1) is 0 Å². The quantitative estimate of drug-likeness (QED) is 0.813. The normalized spacial score (nSPS) is 12.7. The summed E-state index contributed by atoms with van der Waals surface area (Å²) in [6.45, 7) is 11.3. The lowest BCUT2D eigenvalue weighted by molar-refractivity contribution is 0.0234. The van der Waals surface area contributed by atoms with Gasteiger partial charge in [-0.2, -0.15) is 0 Å². The van der Waals surface area contributed by atoms with Crippen LogP contribution in [0.4, 0.5) is 4.79 Å². The third kappa shape index (κ3) is 4.43. The van der Waals surface area contributed by atoms with Crippen molar-refractivity contribution in [1.82, 2.24) is 4.90 Å². The van der Waals surface area contributed by atoms with Crippen molar-refractivity contribution in [3.8, 4) is 0 Å². The predicted molar refractivity (Wildman–Crippen MR) is 78.9 cm³/mol. The zero-order valence-corrected chi connectivity index (χ0v) is 12.4. The maximum atomic E-state index is 12.0. The second kappa shape index (κ2) is 5.91. The number of hydrogen-bond donors (Lipinski definition) is 0. The van der Waals surface area contributed by atoms with Gasteiger partial charge in [-0.25, -0.2) is 4.79 Å². The van der Waals surface area contributed by atoms with E-state index in [9.17, 15) is 4.79 Å². The zero-order valence-electron chi connectivity index (χ0n) is 12.4. The maximum absolute atomic E-state index is 12.0. The Kier molecular flexibility index (Phi) is 4.76. The number of rotatable bonds is 3. The molecule has 1 aromatic carbocycles. The second-order valence-corrected chi connectivity index (χ2v) is 5.64. The van der Waals surface area contributed by atoms with E-state index in [1.165, 1.54) is 0 Å². The highest BCUT2D eigenvalue weighted by atomic mass is 16.6. The number of benzene rings is 1. The molecule has 0 bridgehead atoms. The van der Waals surface area contributed by atoms with Gasteiger partial charge in [0.05, 0.1) is 6.04 Å². The third-order valence-corrected chi connectivity index (χ3v) is 2.92. The Hall–Kier alpha value is -1.77. The molecule has 19 heavy (non-hydrogen) atoms. The minimum absolute atomic E-state index is 0.0336. The number of nitrogens with zero attached hydrogens (tertiary/aromatic N) is 1. The van der Waals surface area contributed by atoms with Gasteiger partial charge in [-0.3, -0.25) is 0 Å². The molecule has 0 spiro atoms. The Balaban J connectivity index is 2.77. The average Bonchev–Trinajstić information content (AvgIpc) is 2.35. The molecule has 0 aliphatic heterocycles. The summed E-state index contributed by atoms with van der Waals surface area (Å²) in [6.07, 6.45) is 1.49. The van der Waals surface area contributed by atoms with Crippen LogP contribution in [0.3, 0.4) is 0 Å². The first kappa shape index (κ1) is 15.3. The van der Waals surface area contributed by atoms with Crippen LogP contribution >= 0.6 is 0 Å². The first-order valence-corrected chi connectivity index (χ1v) is 6.43. The van der Waals surface area contributed by atoms with Crippen LogP contribution in [0, 0.1) is 0 Å². The van der Waals surface area contributed by atoms with Crippen molar-refractivity contribution < 1.29 is 9.53 Å². The Morgan fingerprint density at radius 2 is 1.84 bits per heavy atom. The highest BCUT2D eigenvalue weighted by Gasteiger charge is 2.23. The second-order valence-electron chi connectivity index (χ2n) is 5.64. The van der Waals surface area contributed by atoms with E-state index in [-0.39, 0.29) is 12.1 Å². The molecule has 0 aromatic heterocycles. The van der Waals surface area contributed by atoms with E-state index in [4.69, 9.17) is 4.74 Å². The van der Waals surface area contributed by atoms with Gasteiger partial charge in [0.2, 0.25) is 0 Å².